The van der Waals surface area contributed by atoms with E-state index in [1.807, 2.05) is 0 Å². The van der Waals surface area contributed by atoms with Crippen LogP contribution >= 0.6 is 0 Å². The van der Waals surface area contributed by atoms with Crippen molar-refractivity contribution in [2.45, 2.75) is 67.2 Å². The highest BCUT2D eigenvalue weighted by molar-refractivity contribution is 6.35. The van der Waals surface area contributed by atoms with Gasteiger partial charge in [0.25, 0.3) is 0 Å². The lowest BCUT2D eigenvalue weighted by molar-refractivity contribution is 0.111. The van der Waals surface area contributed by atoms with Crippen molar-refractivity contribution in [2.75, 3.05) is 332 Å². The third-order valence-corrected chi connectivity index (χ3v) is 21.1. The Labute approximate surface area is 740 Å². The molecule has 0 amide bonds. The minimum atomic E-state index is 0. The van der Waals surface area contributed by atoms with Gasteiger partial charge in [-0.2, -0.15) is 0 Å². The van der Waals surface area contributed by atoms with Crippen LogP contribution in [0.3, 0.4) is 0 Å². The second-order valence-corrected chi connectivity index (χ2v) is 39.5. The van der Waals surface area contributed by atoms with Gasteiger partial charge in [-0.25, -0.2) is 0 Å². The van der Waals surface area contributed by atoms with Crippen LogP contribution in [0.2, 0.25) is 0 Å². The maximum absolute atomic E-state index is 2.55. The van der Waals surface area contributed by atoms with Crippen molar-refractivity contribution in [1.82, 2.24) is 118 Å². The zero-order chi connectivity index (χ0) is 88.0. The number of hydrogen-bond donors (Lipinski definition) is 0. The van der Waals surface area contributed by atoms with Gasteiger partial charge in [0.05, 0.1) is 107 Å². The van der Waals surface area contributed by atoms with Crippen LogP contribution in [0, 0.1) is 0 Å². The van der Waals surface area contributed by atoms with Crippen LogP contribution in [0.25, 0.3) is 86.2 Å². The third-order valence-electron chi connectivity index (χ3n) is 21.1. The Morgan fingerprint density at radius 3 is 0.393 bits per heavy atom. The number of nitrogens with zero attached hydrogens (tertiary/aromatic N) is 24. The largest absolute Gasteiger partial charge is 0.297 e. The quantitative estimate of drug-likeness (QED) is 0.0206. The van der Waals surface area contributed by atoms with E-state index in [0.717, 1.165) is 159 Å². The summed E-state index contributed by atoms with van der Waals surface area (Å²) in [6, 6.07) is 39.7. The lowest BCUT2D eigenvalue weighted by atomic mass is 9.85. The molecule has 24 heteroatoms. The molecule has 122 heavy (non-hydrogen) atoms. The summed E-state index contributed by atoms with van der Waals surface area (Å²) in [5, 5.41) is 21.9. The maximum atomic E-state index is 2.55. The first-order valence-corrected chi connectivity index (χ1v) is 43.0. The summed E-state index contributed by atoms with van der Waals surface area (Å²) in [7, 11) is 69.5. The normalized spacial score (nSPS) is 13.0. The van der Waals surface area contributed by atoms with E-state index in [1.165, 1.54) is 131 Å². The molecule has 10 rings (SSSR count). The van der Waals surface area contributed by atoms with Gasteiger partial charge in [0.15, 0.2) is 0 Å². The molecule has 0 aliphatic rings. The summed E-state index contributed by atoms with van der Waals surface area (Å²) >= 11 is 0. The van der Waals surface area contributed by atoms with Gasteiger partial charge in [0, 0.05) is 52.4 Å². The van der Waals surface area contributed by atoms with Gasteiger partial charge in [0.2, 0.25) is 0 Å². The van der Waals surface area contributed by atoms with Crippen molar-refractivity contribution in [2.24, 2.45) is 0 Å². The first-order valence-electron chi connectivity index (χ1n) is 43.0. The van der Waals surface area contributed by atoms with Gasteiger partial charge in [0.1, 0.15) is 0 Å². The highest BCUT2D eigenvalue weighted by atomic mass is 15.4. The average Bonchev–Trinajstić information content (AvgIpc) is 0.713. The Morgan fingerprint density at radius 1 is 0.139 bits per heavy atom. The van der Waals surface area contributed by atoms with Crippen LogP contribution in [-0.4, -0.2) is 450 Å². The maximum Gasteiger partial charge on any atom is 0.0516 e. The predicted molar refractivity (Wildman–Crippen MR) is 530 cm³/mol. The summed E-state index contributed by atoms with van der Waals surface area (Å²) < 4.78 is 0. The molecule has 0 saturated carbocycles. The summed E-state index contributed by atoms with van der Waals surface area (Å²) in [5.74, 6) is 0. The number of rotatable bonds is 48. The summed E-state index contributed by atoms with van der Waals surface area (Å²) in [6.45, 7) is 21.1. The van der Waals surface area contributed by atoms with Crippen molar-refractivity contribution in [1.29, 1.82) is 0 Å². The molecule has 0 radical (unpaired) electrons. The van der Waals surface area contributed by atoms with Gasteiger partial charge in [-0.3, -0.25) is 118 Å². The van der Waals surface area contributed by atoms with Crippen LogP contribution < -0.4 is 0 Å². The van der Waals surface area contributed by atoms with Gasteiger partial charge in [-0.15, -0.1) is 0 Å². The molecule has 0 aliphatic heterocycles. The Morgan fingerprint density at radius 2 is 0.254 bits per heavy atom. The van der Waals surface area contributed by atoms with Crippen LogP contribution in [0.4, 0.5) is 0 Å². The third kappa shape index (κ3) is 29.5. The second kappa shape index (κ2) is 47.1. The standard InChI is InChI=1S/2C48H80N12.2CH4/c1-49(2)29-57(30-50(3)4)25-37-21-43-39(27-59(33-53(9)10)34-54(11)12)17-20-42-46-24-38(26-58(31-51(5)6)32-52(7)8)22-44-40(28-60(35-55(13)14)36-56(15)16)18-19-41(48(44)46)45(23-37)47(42)43;1-49(2)29-57(30-50(3)4)25-37-21-43-39(27-59(33-53(9)10)34-54(11)12)17-19-41-42-20-18-40(28-60(35-55(13)14)36-56(15)16)44-22-38(26-58(31-51(5)6)32-52(7)8)24-46(48(42)44)45(23-37)47(41)43;;/h2*17-24H,25-36H2,1-16H3;2*1H4. The smallest absolute Gasteiger partial charge is 0.0516 e. The van der Waals surface area contributed by atoms with Crippen LogP contribution in [0.5, 0.6) is 0 Å². The highest BCUT2D eigenvalue weighted by Gasteiger charge is 2.27. The van der Waals surface area contributed by atoms with Crippen LogP contribution in [0.15, 0.2) is 97.1 Å². The molecule has 0 aromatic heterocycles. The van der Waals surface area contributed by atoms with Crippen molar-refractivity contribution in [3.63, 3.8) is 0 Å². The SMILES string of the molecule is C.C.CN(C)CN(Cc1cc2c(CN(CN(C)C)CN(C)C)ccc3c4cc(CN(CN(C)C)CN(C)C)cc5c(CN(CN(C)C)CN(C)C)ccc(c(c1)c23)c54)CN(C)C.CN(C)CN(Cc1cc2c(CN(CN(C)C)CN(C)C)ccc3c4ccc(CN(CN(C)C)CN(C)C)c5cc(CN(CN(C)C)CN(C)C)cc(c(c1)c23)c54)CN(C)C. The molecule has 0 N–H and O–H groups in total. The summed E-state index contributed by atoms with van der Waals surface area (Å²) in [5.41, 5.74) is 10.9. The van der Waals surface area contributed by atoms with Crippen molar-refractivity contribution >= 4 is 86.2 Å². The van der Waals surface area contributed by atoms with Gasteiger partial charge in [-0.05, 0) is 405 Å². The van der Waals surface area contributed by atoms with Crippen LogP contribution in [-0.2, 0) is 52.4 Å². The Kier molecular flexibility index (Phi) is 39.7. The molecule has 0 spiro atoms. The number of fused-ring (bicyclic) bond motifs is 4. The van der Waals surface area contributed by atoms with E-state index in [4.69, 9.17) is 0 Å². The molecule has 0 saturated heterocycles. The molecule has 0 fully saturated rings. The fourth-order valence-corrected chi connectivity index (χ4v) is 18.6. The van der Waals surface area contributed by atoms with Gasteiger partial charge in [-0.1, -0.05) is 63.4 Å². The Balaban J connectivity index is 0.000000330. The molecule has 0 atom stereocenters. The predicted octanol–water partition coefficient (Wildman–Crippen LogP) is 11.5. The fraction of sp³-hybridized carbons (Fsp3) is 0.592. The van der Waals surface area contributed by atoms with E-state index >= 15 is 0 Å². The lowest BCUT2D eigenvalue weighted by Gasteiger charge is -2.31. The van der Waals surface area contributed by atoms with E-state index < -0.39 is 0 Å². The summed E-state index contributed by atoms with van der Waals surface area (Å²) in [6.07, 6.45) is 0. The monoisotopic (exact) mass is 1680 g/mol. The first kappa shape index (κ1) is 103. The lowest BCUT2D eigenvalue weighted by Crippen LogP contribution is -2.39. The molecule has 0 heterocycles. The van der Waals surface area contributed by atoms with E-state index in [0.29, 0.717) is 0 Å². The number of hydrogen-bond acceptors (Lipinski definition) is 24. The van der Waals surface area contributed by atoms with E-state index in [-0.39, 0.29) is 14.9 Å². The van der Waals surface area contributed by atoms with Crippen molar-refractivity contribution in [3.05, 3.63) is 142 Å². The Hall–Kier alpha value is -6.16. The van der Waals surface area contributed by atoms with Crippen LogP contribution in [0.1, 0.15) is 59.4 Å². The van der Waals surface area contributed by atoms with Gasteiger partial charge < -0.3 is 0 Å². The molecular weight excluding hydrogens is 1510 g/mol. The molecular formula is C98H168N24. The van der Waals surface area contributed by atoms with Crippen molar-refractivity contribution in [3.8, 4) is 0 Å². The molecule has 24 nitrogen and oxygen atoms in total. The minimum Gasteiger partial charge on any atom is -0.297 e. The molecule has 0 unspecified atom stereocenters. The zero-order valence-electron chi connectivity index (χ0n) is 80.9. The first-order chi connectivity index (χ1) is 56.5. The van der Waals surface area contributed by atoms with E-state index in [9.17, 15) is 0 Å². The zero-order valence-corrected chi connectivity index (χ0v) is 80.9. The van der Waals surface area contributed by atoms with E-state index in [1.54, 1.807) is 0 Å². The summed E-state index contributed by atoms with van der Waals surface area (Å²) in [4.78, 5) is 56.9. The minimum absolute atomic E-state index is 0. The molecule has 0 bridgehead atoms. The van der Waals surface area contributed by atoms with Gasteiger partial charge >= 0.3 is 0 Å². The number of benzene rings is 10. The molecule has 680 valence electrons. The molecule has 10 aromatic rings. The Bertz CT molecular complexity index is 4350. The second-order valence-electron chi connectivity index (χ2n) is 39.5. The average molecular weight is 1680 g/mol. The topological polar surface area (TPSA) is 77.8 Å². The highest BCUT2D eigenvalue weighted by Crippen LogP contribution is 2.47. The molecule has 0 aliphatic carbocycles. The molecule has 10 aromatic carbocycles. The van der Waals surface area contributed by atoms with Crippen molar-refractivity contribution < 1.29 is 0 Å². The van der Waals surface area contributed by atoms with E-state index in [2.05, 4.69) is 440 Å². The fourth-order valence-electron chi connectivity index (χ4n) is 18.6.